The molecule has 1 saturated heterocycles. The van der Waals surface area contributed by atoms with E-state index in [4.69, 9.17) is 4.74 Å². The molecule has 2 aromatic rings. The molecule has 0 spiro atoms. The lowest BCUT2D eigenvalue weighted by atomic mass is 9.94. The Labute approximate surface area is 190 Å². The van der Waals surface area contributed by atoms with Crippen LogP contribution < -0.4 is 0 Å². The third-order valence-electron chi connectivity index (χ3n) is 7.10. The van der Waals surface area contributed by atoms with E-state index in [9.17, 15) is 9.59 Å². The zero-order valence-electron chi connectivity index (χ0n) is 19.6. The summed E-state index contributed by atoms with van der Waals surface area (Å²) in [6.45, 7) is 4.60. The number of ether oxygens (including phenoxy) is 1. The van der Waals surface area contributed by atoms with Crippen LogP contribution in [0.1, 0.15) is 54.2 Å². The lowest BCUT2D eigenvalue weighted by molar-refractivity contribution is -0.172. The van der Waals surface area contributed by atoms with Crippen LogP contribution in [0.4, 0.5) is 0 Å². The smallest absolute Gasteiger partial charge is 0.254 e. The fourth-order valence-corrected chi connectivity index (χ4v) is 5.22. The SMILES string of the molecule is Cc1nn(C)c(C)c1CCN(C)C(=O)[C@@H]1OCC(=O)N(C2CCCC2)[C@H]1c1ccccc1. The van der Waals surface area contributed by atoms with Gasteiger partial charge in [0.1, 0.15) is 6.61 Å². The van der Waals surface area contributed by atoms with Gasteiger partial charge in [0, 0.05) is 32.4 Å². The van der Waals surface area contributed by atoms with Crippen LogP contribution in [0.5, 0.6) is 0 Å². The van der Waals surface area contributed by atoms with E-state index < -0.39 is 12.1 Å². The summed E-state index contributed by atoms with van der Waals surface area (Å²) in [5.74, 6) is -0.0902. The van der Waals surface area contributed by atoms with Gasteiger partial charge in [-0.25, -0.2) is 0 Å². The number of amides is 2. The highest BCUT2D eigenvalue weighted by atomic mass is 16.5. The Morgan fingerprint density at radius 2 is 1.88 bits per heavy atom. The van der Waals surface area contributed by atoms with Crippen LogP contribution in [0.15, 0.2) is 30.3 Å². The van der Waals surface area contributed by atoms with E-state index >= 15 is 0 Å². The van der Waals surface area contributed by atoms with E-state index in [2.05, 4.69) is 12.0 Å². The Kier molecular flexibility index (Phi) is 6.65. The lowest BCUT2D eigenvalue weighted by Crippen LogP contribution is -2.57. The van der Waals surface area contributed by atoms with Crippen LogP contribution in [0.2, 0.25) is 0 Å². The van der Waals surface area contributed by atoms with Crippen LogP contribution >= 0.6 is 0 Å². The van der Waals surface area contributed by atoms with Gasteiger partial charge in [-0.05, 0) is 44.2 Å². The highest BCUT2D eigenvalue weighted by Gasteiger charge is 2.45. The van der Waals surface area contributed by atoms with Gasteiger partial charge >= 0.3 is 0 Å². The molecule has 2 atom stereocenters. The van der Waals surface area contributed by atoms with Crippen molar-refractivity contribution < 1.29 is 14.3 Å². The minimum atomic E-state index is -0.697. The summed E-state index contributed by atoms with van der Waals surface area (Å²) in [4.78, 5) is 30.2. The van der Waals surface area contributed by atoms with Crippen molar-refractivity contribution >= 4 is 11.8 Å². The molecule has 1 aromatic heterocycles. The molecule has 1 aliphatic heterocycles. The molecule has 2 fully saturated rings. The number of benzene rings is 1. The molecule has 1 aromatic carbocycles. The topological polar surface area (TPSA) is 67.7 Å². The Hall–Kier alpha value is -2.67. The molecule has 1 aliphatic carbocycles. The minimum absolute atomic E-state index is 0.0148. The van der Waals surface area contributed by atoms with Gasteiger partial charge in [0.15, 0.2) is 6.10 Å². The van der Waals surface area contributed by atoms with E-state index in [1.807, 2.05) is 60.9 Å². The second-order valence-electron chi connectivity index (χ2n) is 9.11. The second kappa shape index (κ2) is 9.45. The third kappa shape index (κ3) is 4.31. The zero-order valence-corrected chi connectivity index (χ0v) is 19.6. The average Bonchev–Trinajstić information content (AvgIpc) is 3.40. The summed E-state index contributed by atoms with van der Waals surface area (Å²) in [6, 6.07) is 9.65. The number of rotatable bonds is 6. The fraction of sp³-hybridized carbons (Fsp3) is 0.560. The molecule has 0 N–H and O–H groups in total. The molecule has 172 valence electrons. The molecule has 0 radical (unpaired) electrons. The number of likely N-dealkylation sites (N-methyl/N-ethyl adjacent to an activating group) is 1. The van der Waals surface area contributed by atoms with Crippen LogP contribution in [0.25, 0.3) is 0 Å². The lowest BCUT2D eigenvalue weighted by Gasteiger charge is -2.44. The Bertz CT molecular complexity index is 965. The molecule has 2 heterocycles. The summed E-state index contributed by atoms with van der Waals surface area (Å²) in [6.07, 6.45) is 4.27. The summed E-state index contributed by atoms with van der Waals surface area (Å²) < 4.78 is 7.82. The molecular formula is C25H34N4O3. The molecule has 1 saturated carbocycles. The van der Waals surface area contributed by atoms with Gasteiger partial charge in [-0.15, -0.1) is 0 Å². The first-order valence-electron chi connectivity index (χ1n) is 11.6. The molecule has 32 heavy (non-hydrogen) atoms. The zero-order chi connectivity index (χ0) is 22.8. The van der Waals surface area contributed by atoms with Gasteiger partial charge in [0.2, 0.25) is 5.91 Å². The van der Waals surface area contributed by atoms with Crippen molar-refractivity contribution in [2.24, 2.45) is 7.05 Å². The predicted molar refractivity (Wildman–Crippen MR) is 122 cm³/mol. The molecule has 7 nitrogen and oxygen atoms in total. The Morgan fingerprint density at radius 1 is 1.19 bits per heavy atom. The first kappa shape index (κ1) is 22.5. The van der Waals surface area contributed by atoms with Crippen LogP contribution in [-0.4, -0.2) is 63.7 Å². The van der Waals surface area contributed by atoms with E-state index in [1.54, 1.807) is 4.90 Å². The monoisotopic (exact) mass is 438 g/mol. The highest BCUT2D eigenvalue weighted by Crippen LogP contribution is 2.37. The molecular weight excluding hydrogens is 404 g/mol. The quantitative estimate of drug-likeness (QED) is 0.696. The van der Waals surface area contributed by atoms with E-state index in [1.165, 1.54) is 5.56 Å². The van der Waals surface area contributed by atoms with Gasteiger partial charge in [0.25, 0.3) is 5.91 Å². The minimum Gasteiger partial charge on any atom is -0.356 e. The summed E-state index contributed by atoms with van der Waals surface area (Å²) >= 11 is 0. The maximum atomic E-state index is 13.6. The second-order valence-corrected chi connectivity index (χ2v) is 9.11. The number of aromatic nitrogens is 2. The van der Waals surface area contributed by atoms with Gasteiger partial charge in [-0.3, -0.25) is 14.3 Å². The fourth-order valence-electron chi connectivity index (χ4n) is 5.22. The van der Waals surface area contributed by atoms with Gasteiger partial charge in [0.05, 0.1) is 11.7 Å². The predicted octanol–water partition coefficient (Wildman–Crippen LogP) is 2.95. The highest BCUT2D eigenvalue weighted by molar-refractivity contribution is 5.86. The molecule has 0 unspecified atom stereocenters. The maximum absolute atomic E-state index is 13.6. The molecule has 2 amide bonds. The molecule has 2 aliphatic rings. The van der Waals surface area contributed by atoms with Crippen molar-refractivity contribution in [3.63, 3.8) is 0 Å². The normalized spacial score (nSPS) is 21.9. The number of hydrogen-bond acceptors (Lipinski definition) is 4. The van der Waals surface area contributed by atoms with Crippen LogP contribution in [0, 0.1) is 13.8 Å². The largest absolute Gasteiger partial charge is 0.356 e. The maximum Gasteiger partial charge on any atom is 0.254 e. The molecule has 4 rings (SSSR count). The average molecular weight is 439 g/mol. The van der Waals surface area contributed by atoms with E-state index in [0.29, 0.717) is 6.54 Å². The van der Waals surface area contributed by atoms with Gasteiger partial charge in [-0.1, -0.05) is 43.2 Å². The number of morpholine rings is 1. The van der Waals surface area contributed by atoms with Crippen molar-refractivity contribution in [1.29, 1.82) is 0 Å². The summed E-state index contributed by atoms with van der Waals surface area (Å²) in [5, 5.41) is 4.48. The third-order valence-corrected chi connectivity index (χ3v) is 7.10. The van der Waals surface area contributed by atoms with Crippen molar-refractivity contribution in [1.82, 2.24) is 19.6 Å². The molecule has 0 bridgehead atoms. The Morgan fingerprint density at radius 3 is 2.50 bits per heavy atom. The van der Waals surface area contributed by atoms with Crippen molar-refractivity contribution in [2.45, 2.75) is 64.1 Å². The molecule has 7 heteroatoms. The van der Waals surface area contributed by atoms with Crippen molar-refractivity contribution in [2.75, 3.05) is 20.2 Å². The number of carbonyl (C=O) groups excluding carboxylic acids is 2. The van der Waals surface area contributed by atoms with Crippen LogP contribution in [0.3, 0.4) is 0 Å². The van der Waals surface area contributed by atoms with Gasteiger partial charge in [-0.2, -0.15) is 5.10 Å². The summed E-state index contributed by atoms with van der Waals surface area (Å²) in [5.41, 5.74) is 4.26. The van der Waals surface area contributed by atoms with E-state index in [-0.39, 0.29) is 24.5 Å². The Balaban J connectivity index is 1.56. The number of nitrogens with zero attached hydrogens (tertiary/aromatic N) is 4. The van der Waals surface area contributed by atoms with Crippen molar-refractivity contribution in [3.8, 4) is 0 Å². The number of aryl methyl sites for hydroxylation is 2. The van der Waals surface area contributed by atoms with Crippen LogP contribution in [-0.2, 0) is 27.8 Å². The number of carbonyl (C=O) groups is 2. The first-order chi connectivity index (χ1) is 15.4. The standard InChI is InChI=1S/C25H34N4O3/c1-17-21(18(2)28(4)26-17)14-15-27(3)25(31)24-23(19-10-6-5-7-11-19)29(22(30)16-32-24)20-12-8-9-13-20/h5-7,10-11,20,23-24H,8-9,12-16H2,1-4H3/t23-,24+/m0/s1. The van der Waals surface area contributed by atoms with Gasteiger partial charge < -0.3 is 14.5 Å². The van der Waals surface area contributed by atoms with E-state index in [0.717, 1.165) is 49.1 Å². The number of hydrogen-bond donors (Lipinski definition) is 0. The van der Waals surface area contributed by atoms with Crippen molar-refractivity contribution in [3.05, 3.63) is 52.8 Å². The first-order valence-corrected chi connectivity index (χ1v) is 11.6. The summed E-state index contributed by atoms with van der Waals surface area (Å²) in [7, 11) is 3.76.